The van der Waals surface area contributed by atoms with Crippen LogP contribution in [0.2, 0.25) is 0 Å². The zero-order valence-electron chi connectivity index (χ0n) is 8.41. The summed E-state index contributed by atoms with van der Waals surface area (Å²) in [5.41, 5.74) is 4.76. The number of nitrogens with one attached hydrogen (secondary N) is 1. The van der Waals surface area contributed by atoms with Crippen LogP contribution in [0.4, 0.5) is 14.5 Å². The van der Waals surface area contributed by atoms with Gasteiger partial charge in [0, 0.05) is 18.1 Å². The molecule has 3 N–H and O–H groups in total. The molecule has 0 radical (unpaired) electrons. The quantitative estimate of drug-likeness (QED) is 0.802. The fourth-order valence-electron chi connectivity index (χ4n) is 1.18. The highest BCUT2D eigenvalue weighted by Crippen LogP contribution is 2.30. The van der Waals surface area contributed by atoms with Crippen molar-refractivity contribution in [3.8, 4) is 0 Å². The summed E-state index contributed by atoms with van der Waals surface area (Å²) in [4.78, 5) is 17.1. The number of hydrogen-bond acceptors (Lipinski definition) is 4. The third-order valence-corrected chi connectivity index (χ3v) is 2.97. The van der Waals surface area contributed by atoms with E-state index in [0.29, 0.717) is 11.8 Å². The molecule has 88 valence electrons. The molecule has 1 aromatic carbocycles. The SMILES string of the molecule is Nc1cc(F)c(Sc2ncc[nH]c2=O)c(F)c1. The van der Waals surface area contributed by atoms with Gasteiger partial charge in [0.2, 0.25) is 0 Å². The second-order valence-corrected chi connectivity index (χ2v) is 4.14. The Morgan fingerprint density at radius 1 is 1.29 bits per heavy atom. The van der Waals surface area contributed by atoms with Crippen LogP contribution >= 0.6 is 11.8 Å². The first-order valence-electron chi connectivity index (χ1n) is 4.54. The molecule has 0 amide bonds. The summed E-state index contributed by atoms with van der Waals surface area (Å²) >= 11 is 0.616. The molecular weight excluding hydrogens is 248 g/mol. The Bertz CT molecular complexity index is 591. The number of aromatic nitrogens is 2. The monoisotopic (exact) mass is 255 g/mol. The van der Waals surface area contributed by atoms with Crippen molar-refractivity contribution in [3.63, 3.8) is 0 Å². The average molecular weight is 255 g/mol. The molecule has 1 heterocycles. The maximum Gasteiger partial charge on any atom is 0.280 e. The molecule has 0 aliphatic heterocycles. The van der Waals surface area contributed by atoms with Crippen LogP contribution < -0.4 is 11.3 Å². The lowest BCUT2D eigenvalue weighted by Crippen LogP contribution is -2.09. The normalized spacial score (nSPS) is 10.5. The molecule has 0 fully saturated rings. The smallest absolute Gasteiger partial charge is 0.280 e. The molecule has 0 saturated heterocycles. The van der Waals surface area contributed by atoms with E-state index in [4.69, 9.17) is 5.73 Å². The van der Waals surface area contributed by atoms with Crippen LogP contribution in [0.15, 0.2) is 39.2 Å². The molecule has 4 nitrogen and oxygen atoms in total. The van der Waals surface area contributed by atoms with Crippen LogP contribution in [-0.4, -0.2) is 9.97 Å². The van der Waals surface area contributed by atoms with Gasteiger partial charge in [0.05, 0.1) is 4.90 Å². The van der Waals surface area contributed by atoms with E-state index >= 15 is 0 Å². The average Bonchev–Trinajstić information content (AvgIpc) is 2.25. The highest BCUT2D eigenvalue weighted by molar-refractivity contribution is 7.99. The number of H-pyrrole nitrogens is 1. The molecule has 0 aliphatic carbocycles. The standard InChI is InChI=1S/C10H7F2N3OS/c11-6-3-5(13)4-7(12)8(6)17-10-9(16)14-1-2-15-10/h1-4H,13H2,(H,14,16). The van der Waals surface area contributed by atoms with Crippen molar-refractivity contribution >= 4 is 17.4 Å². The zero-order valence-corrected chi connectivity index (χ0v) is 9.22. The van der Waals surface area contributed by atoms with Gasteiger partial charge in [0.1, 0.15) is 11.6 Å². The second kappa shape index (κ2) is 4.54. The number of hydrogen-bond donors (Lipinski definition) is 2. The van der Waals surface area contributed by atoms with Crippen molar-refractivity contribution in [1.82, 2.24) is 9.97 Å². The van der Waals surface area contributed by atoms with E-state index in [2.05, 4.69) is 9.97 Å². The Labute approximate surface area is 98.9 Å². The van der Waals surface area contributed by atoms with Gasteiger partial charge in [-0.15, -0.1) is 0 Å². The fraction of sp³-hybridized carbons (Fsp3) is 0. The van der Waals surface area contributed by atoms with E-state index < -0.39 is 17.2 Å². The predicted molar refractivity (Wildman–Crippen MR) is 59.8 cm³/mol. The van der Waals surface area contributed by atoms with Crippen LogP contribution in [0.1, 0.15) is 0 Å². The number of nitrogens with two attached hydrogens (primary N) is 1. The predicted octanol–water partition coefficient (Wildman–Crippen LogP) is 1.78. The van der Waals surface area contributed by atoms with E-state index in [1.807, 2.05) is 0 Å². The molecule has 0 aliphatic rings. The minimum atomic E-state index is -0.822. The topological polar surface area (TPSA) is 71.8 Å². The lowest BCUT2D eigenvalue weighted by molar-refractivity contribution is 0.541. The highest BCUT2D eigenvalue weighted by atomic mass is 32.2. The largest absolute Gasteiger partial charge is 0.399 e. The first kappa shape index (κ1) is 11.6. The summed E-state index contributed by atoms with van der Waals surface area (Å²) in [5, 5.41) is -0.0323. The molecule has 0 atom stereocenters. The summed E-state index contributed by atoms with van der Waals surface area (Å²) in [7, 11) is 0. The van der Waals surface area contributed by atoms with Crippen LogP contribution in [0.25, 0.3) is 0 Å². The van der Waals surface area contributed by atoms with Gasteiger partial charge in [-0.05, 0) is 12.1 Å². The van der Waals surface area contributed by atoms with Crippen molar-refractivity contribution in [3.05, 3.63) is 46.5 Å². The molecule has 1 aromatic heterocycles. The van der Waals surface area contributed by atoms with E-state index in [1.54, 1.807) is 0 Å². The molecule has 0 saturated carbocycles. The number of anilines is 1. The second-order valence-electron chi connectivity index (χ2n) is 3.14. The van der Waals surface area contributed by atoms with Crippen molar-refractivity contribution in [2.24, 2.45) is 0 Å². The minimum Gasteiger partial charge on any atom is -0.399 e. The maximum atomic E-state index is 13.4. The number of rotatable bonds is 2. The molecular formula is C10H7F2N3OS. The highest BCUT2D eigenvalue weighted by Gasteiger charge is 2.14. The number of benzene rings is 1. The summed E-state index contributed by atoms with van der Waals surface area (Å²) in [5.74, 6) is -1.64. The molecule has 2 aromatic rings. The Morgan fingerprint density at radius 3 is 2.53 bits per heavy atom. The van der Waals surface area contributed by atoms with Crippen LogP contribution in [0, 0.1) is 11.6 Å². The summed E-state index contributed by atoms with van der Waals surface area (Å²) in [6.45, 7) is 0. The third kappa shape index (κ3) is 2.44. The molecule has 7 heteroatoms. The van der Waals surface area contributed by atoms with Gasteiger partial charge in [-0.25, -0.2) is 13.8 Å². The van der Waals surface area contributed by atoms with E-state index in [0.717, 1.165) is 12.1 Å². The first-order valence-corrected chi connectivity index (χ1v) is 5.35. The number of aromatic amines is 1. The van der Waals surface area contributed by atoms with Gasteiger partial charge < -0.3 is 10.7 Å². The van der Waals surface area contributed by atoms with Gasteiger partial charge in [-0.2, -0.15) is 0 Å². The van der Waals surface area contributed by atoms with Gasteiger partial charge in [-0.3, -0.25) is 4.79 Å². The van der Waals surface area contributed by atoms with E-state index in [9.17, 15) is 13.6 Å². The van der Waals surface area contributed by atoms with Crippen molar-refractivity contribution in [2.45, 2.75) is 9.92 Å². The lowest BCUT2D eigenvalue weighted by Gasteiger charge is -2.04. The number of halogens is 2. The van der Waals surface area contributed by atoms with Crippen molar-refractivity contribution < 1.29 is 8.78 Å². The van der Waals surface area contributed by atoms with Crippen LogP contribution in [0.5, 0.6) is 0 Å². The Hall–Kier alpha value is -1.89. The molecule has 0 bridgehead atoms. The van der Waals surface area contributed by atoms with Crippen molar-refractivity contribution in [2.75, 3.05) is 5.73 Å². The molecule has 17 heavy (non-hydrogen) atoms. The Balaban J connectivity index is 2.44. The van der Waals surface area contributed by atoms with Crippen molar-refractivity contribution in [1.29, 1.82) is 0 Å². The third-order valence-electron chi connectivity index (χ3n) is 1.89. The summed E-state index contributed by atoms with van der Waals surface area (Å²) in [6, 6.07) is 1.98. The molecule has 0 spiro atoms. The zero-order chi connectivity index (χ0) is 12.4. The summed E-state index contributed by atoms with van der Waals surface area (Å²) < 4.78 is 26.9. The number of nitrogens with zero attached hydrogens (tertiary/aromatic N) is 1. The van der Waals surface area contributed by atoms with Gasteiger partial charge in [-0.1, -0.05) is 11.8 Å². The van der Waals surface area contributed by atoms with E-state index in [1.165, 1.54) is 12.4 Å². The molecule has 0 unspecified atom stereocenters. The maximum absolute atomic E-state index is 13.4. The van der Waals surface area contributed by atoms with Crippen LogP contribution in [0.3, 0.4) is 0 Å². The van der Waals surface area contributed by atoms with Crippen LogP contribution in [-0.2, 0) is 0 Å². The Morgan fingerprint density at radius 2 is 1.94 bits per heavy atom. The van der Waals surface area contributed by atoms with Gasteiger partial charge >= 0.3 is 0 Å². The fourth-order valence-corrected chi connectivity index (χ4v) is 1.96. The van der Waals surface area contributed by atoms with Gasteiger partial charge in [0.25, 0.3) is 5.56 Å². The van der Waals surface area contributed by atoms with E-state index in [-0.39, 0.29) is 15.6 Å². The lowest BCUT2D eigenvalue weighted by atomic mass is 10.3. The summed E-state index contributed by atoms with van der Waals surface area (Å²) in [6.07, 6.45) is 2.67. The first-order chi connectivity index (χ1) is 8.08. The number of nitrogen functional groups attached to an aromatic ring is 1. The molecule has 2 rings (SSSR count). The minimum absolute atomic E-state index is 0.0146. The van der Waals surface area contributed by atoms with Gasteiger partial charge in [0.15, 0.2) is 5.03 Å². The Kier molecular flexibility index (Phi) is 3.10.